The molecule has 0 radical (unpaired) electrons. The Kier molecular flexibility index (Phi) is 10.5. The minimum absolute atomic E-state index is 0.0356. The third-order valence-electron chi connectivity index (χ3n) is 6.46. The van der Waals surface area contributed by atoms with Crippen molar-refractivity contribution in [3.63, 3.8) is 0 Å². The van der Waals surface area contributed by atoms with Gasteiger partial charge in [0.1, 0.15) is 24.7 Å². The Balaban J connectivity index is 2.50. The van der Waals surface area contributed by atoms with Gasteiger partial charge in [0.05, 0.1) is 16.5 Å². The lowest BCUT2D eigenvalue weighted by atomic mass is 9.97. The molecule has 0 unspecified atom stereocenters. The number of aromatic hydroxyl groups is 1. The molecule has 10 nitrogen and oxygen atoms in total. The van der Waals surface area contributed by atoms with Crippen LogP contribution in [0.4, 0.5) is 0 Å². The Morgan fingerprint density at radius 1 is 0.902 bits per heavy atom. The molecule has 3 N–H and O–H groups in total. The van der Waals surface area contributed by atoms with Crippen LogP contribution in [-0.4, -0.2) is 50.4 Å². The fourth-order valence-corrected chi connectivity index (χ4v) is 4.53. The first-order chi connectivity index (χ1) is 18.6. The Labute approximate surface area is 242 Å². The van der Waals surface area contributed by atoms with Crippen molar-refractivity contribution in [1.29, 1.82) is 0 Å². The maximum atomic E-state index is 12.9. The van der Waals surface area contributed by atoms with Gasteiger partial charge in [-0.1, -0.05) is 13.8 Å². The quantitative estimate of drug-likeness (QED) is 0.236. The second-order valence-corrected chi connectivity index (χ2v) is 14.7. The van der Waals surface area contributed by atoms with Crippen molar-refractivity contribution >= 4 is 19.5 Å². The molecule has 0 saturated carbocycles. The van der Waals surface area contributed by atoms with Crippen LogP contribution >= 0.6 is 7.60 Å². The molecule has 0 amide bonds. The predicted octanol–water partition coefficient (Wildman–Crippen LogP) is 5.55. The first-order valence-corrected chi connectivity index (χ1v) is 15.1. The van der Waals surface area contributed by atoms with Crippen LogP contribution in [0.2, 0.25) is 0 Å². The normalized spacial score (nSPS) is 12.8. The summed E-state index contributed by atoms with van der Waals surface area (Å²) < 4.78 is 29.5. The zero-order valence-electron chi connectivity index (χ0n) is 25.7. The minimum Gasteiger partial charge on any atom is -0.506 e. The van der Waals surface area contributed by atoms with E-state index < -0.39 is 48.9 Å². The van der Waals surface area contributed by atoms with Gasteiger partial charge in [-0.25, -0.2) is 0 Å². The number of ether oxygens (including phenoxy) is 3. The Morgan fingerprint density at radius 3 is 1.76 bits per heavy atom. The average Bonchev–Trinajstić information content (AvgIpc) is 2.81. The van der Waals surface area contributed by atoms with Crippen molar-refractivity contribution in [2.24, 2.45) is 10.8 Å². The summed E-state index contributed by atoms with van der Waals surface area (Å²) in [6.45, 7) is 15.5. The van der Waals surface area contributed by atoms with Gasteiger partial charge < -0.3 is 29.1 Å². The maximum absolute atomic E-state index is 12.9. The Hall–Kier alpha value is -2.94. The largest absolute Gasteiger partial charge is 0.506 e. The van der Waals surface area contributed by atoms with Crippen molar-refractivity contribution in [3.05, 3.63) is 52.3 Å². The number of hydrogen-bond acceptors (Lipinski definition) is 8. The van der Waals surface area contributed by atoms with Gasteiger partial charge in [0.2, 0.25) is 0 Å². The number of carbonyl (C=O) groups excluding carboxylic acids is 2. The standard InChI is InChI=1S/C30H44NO9P/c1-18(2)25-24(32)12-11-21(31-25)15-23-19(3)13-22(14-20(23)4)40-30(41(35,36)37,16-38-26(33)28(5,6)7)17-39-27(34)29(8,9)10/h11-14,18,32H,15-17H2,1-10H3,(H2,35,36,37). The number of pyridine rings is 1. The molecule has 0 saturated heterocycles. The molecule has 2 rings (SSSR count). The summed E-state index contributed by atoms with van der Waals surface area (Å²) in [6.07, 6.45) is 0.452. The number of nitrogens with zero attached hydrogens (tertiary/aromatic N) is 1. The van der Waals surface area contributed by atoms with E-state index in [-0.39, 0.29) is 17.4 Å². The smallest absolute Gasteiger partial charge is 0.376 e. The molecule has 0 bridgehead atoms. The topological polar surface area (TPSA) is 152 Å². The summed E-state index contributed by atoms with van der Waals surface area (Å²) in [7, 11) is -5.22. The fraction of sp³-hybridized carbons (Fsp3) is 0.567. The van der Waals surface area contributed by atoms with E-state index in [9.17, 15) is 29.0 Å². The van der Waals surface area contributed by atoms with Crippen molar-refractivity contribution in [3.8, 4) is 11.5 Å². The van der Waals surface area contributed by atoms with Crippen LogP contribution in [0.1, 0.15) is 89.4 Å². The highest BCUT2D eigenvalue weighted by molar-refractivity contribution is 7.53. The number of benzene rings is 1. The SMILES string of the molecule is Cc1cc(OC(COC(=O)C(C)(C)C)(COC(=O)C(C)(C)C)P(=O)(O)O)cc(C)c1Cc1ccc(O)c(C(C)C)n1. The minimum atomic E-state index is -5.22. The Bertz CT molecular complexity index is 1260. The number of carbonyl (C=O) groups is 2. The van der Waals surface area contributed by atoms with Crippen molar-refractivity contribution < 1.29 is 43.3 Å². The van der Waals surface area contributed by atoms with Gasteiger partial charge in [-0.3, -0.25) is 19.1 Å². The van der Waals surface area contributed by atoms with Gasteiger partial charge in [0, 0.05) is 12.1 Å². The van der Waals surface area contributed by atoms with E-state index in [1.165, 1.54) is 0 Å². The highest BCUT2D eigenvalue weighted by Crippen LogP contribution is 2.52. The van der Waals surface area contributed by atoms with Crippen LogP contribution in [-0.2, 0) is 30.0 Å². The van der Waals surface area contributed by atoms with Gasteiger partial charge in [-0.05, 0) is 102 Å². The average molecular weight is 594 g/mol. The monoisotopic (exact) mass is 593 g/mol. The van der Waals surface area contributed by atoms with Gasteiger partial charge in [0.25, 0.3) is 5.34 Å². The number of esters is 2. The zero-order chi connectivity index (χ0) is 31.6. The van der Waals surface area contributed by atoms with Crippen LogP contribution < -0.4 is 4.74 Å². The summed E-state index contributed by atoms with van der Waals surface area (Å²) in [5, 5.41) is 7.64. The molecule has 11 heteroatoms. The van der Waals surface area contributed by atoms with Gasteiger partial charge in [0.15, 0.2) is 0 Å². The van der Waals surface area contributed by atoms with Gasteiger partial charge in [-0.15, -0.1) is 0 Å². The number of rotatable bonds is 10. The number of hydrogen-bond donors (Lipinski definition) is 3. The van der Waals surface area contributed by atoms with Crippen LogP contribution in [0, 0.1) is 24.7 Å². The van der Waals surface area contributed by atoms with E-state index in [0.29, 0.717) is 12.1 Å². The summed E-state index contributed by atoms with van der Waals surface area (Å²) >= 11 is 0. The van der Waals surface area contributed by atoms with E-state index >= 15 is 0 Å². The molecule has 1 heterocycles. The number of aromatic nitrogens is 1. The second kappa shape index (κ2) is 12.5. The van der Waals surface area contributed by atoms with Gasteiger partial charge in [-0.2, -0.15) is 0 Å². The predicted molar refractivity (Wildman–Crippen MR) is 155 cm³/mol. The Morgan fingerprint density at radius 2 is 1.37 bits per heavy atom. The molecule has 41 heavy (non-hydrogen) atoms. The van der Waals surface area contributed by atoms with E-state index in [4.69, 9.17) is 14.2 Å². The summed E-state index contributed by atoms with van der Waals surface area (Å²) in [6, 6.07) is 6.60. The summed E-state index contributed by atoms with van der Waals surface area (Å²) in [5.41, 5.74) is 1.89. The molecule has 0 fully saturated rings. The fourth-order valence-electron chi connectivity index (χ4n) is 3.84. The lowest BCUT2D eigenvalue weighted by Gasteiger charge is -2.35. The van der Waals surface area contributed by atoms with Crippen molar-refractivity contribution in [2.45, 2.75) is 86.9 Å². The highest BCUT2D eigenvalue weighted by Gasteiger charge is 2.53. The first-order valence-electron chi connectivity index (χ1n) is 13.5. The van der Waals surface area contributed by atoms with Crippen LogP contribution in [0.5, 0.6) is 11.5 Å². The molecule has 0 aliphatic rings. The molecule has 0 atom stereocenters. The molecule has 0 aliphatic carbocycles. The molecule has 1 aromatic heterocycles. The van der Waals surface area contributed by atoms with E-state index in [1.807, 2.05) is 27.7 Å². The summed E-state index contributed by atoms with van der Waals surface area (Å²) in [4.78, 5) is 50.6. The van der Waals surface area contributed by atoms with E-state index in [2.05, 4.69) is 4.98 Å². The van der Waals surface area contributed by atoms with Crippen LogP contribution in [0.3, 0.4) is 0 Å². The number of aryl methyl sites for hydroxylation is 2. The molecule has 1 aromatic carbocycles. The molecular formula is C30H44NO9P. The van der Waals surface area contributed by atoms with Crippen LogP contribution in [0.15, 0.2) is 24.3 Å². The molecule has 0 spiro atoms. The van der Waals surface area contributed by atoms with Crippen molar-refractivity contribution in [2.75, 3.05) is 13.2 Å². The second-order valence-electron chi connectivity index (χ2n) is 12.8. The lowest BCUT2D eigenvalue weighted by Crippen LogP contribution is -2.48. The lowest BCUT2D eigenvalue weighted by molar-refractivity contribution is -0.164. The maximum Gasteiger partial charge on any atom is 0.376 e. The zero-order valence-corrected chi connectivity index (χ0v) is 26.6. The van der Waals surface area contributed by atoms with Crippen molar-refractivity contribution in [1.82, 2.24) is 4.98 Å². The third kappa shape index (κ3) is 8.77. The van der Waals surface area contributed by atoms with Crippen LogP contribution in [0.25, 0.3) is 0 Å². The molecule has 228 valence electrons. The third-order valence-corrected chi connectivity index (χ3v) is 7.87. The summed E-state index contributed by atoms with van der Waals surface area (Å²) in [5.74, 6) is -1.13. The first kappa shape index (κ1) is 34.3. The van der Waals surface area contributed by atoms with E-state index in [0.717, 1.165) is 22.4 Å². The van der Waals surface area contributed by atoms with Gasteiger partial charge >= 0.3 is 19.5 Å². The highest BCUT2D eigenvalue weighted by atomic mass is 31.2. The van der Waals surface area contributed by atoms with E-state index in [1.54, 1.807) is 65.8 Å². The molecule has 0 aliphatic heterocycles. The molecule has 2 aromatic rings. The molecular weight excluding hydrogens is 549 g/mol.